The Labute approximate surface area is 56.1 Å². The van der Waals surface area contributed by atoms with Crippen molar-refractivity contribution in [3.63, 3.8) is 0 Å². The van der Waals surface area contributed by atoms with Crippen molar-refractivity contribution in [3.8, 4) is 0 Å². The van der Waals surface area contributed by atoms with Gasteiger partial charge in [0.25, 0.3) is 0 Å². The normalized spacial score (nSPS) is 13.8. The number of nitrogens with one attached hydrogen (secondary N) is 1. The first-order valence-electron chi connectivity index (χ1n) is 2.59. The first-order chi connectivity index (χ1) is 4.24. The average Bonchev–Trinajstić information content (AvgIpc) is 1.95. The molecular weight excluding hydrogens is 141 g/mol. The molecule has 4 nitrogen and oxygen atoms in total. The van der Waals surface area contributed by atoms with Crippen molar-refractivity contribution in [3.05, 3.63) is 0 Å². The maximum atomic E-state index is 4.97. The second-order valence-corrected chi connectivity index (χ2v) is 4.26. The summed E-state index contributed by atoms with van der Waals surface area (Å²) in [4.78, 5) is 0. The molecule has 0 atom stereocenters. The third-order valence-electron chi connectivity index (χ3n) is 1.11. The Kier molecular flexibility index (Phi) is 4.27. The predicted molar refractivity (Wildman–Crippen MR) is 38.4 cm³/mol. The standard InChI is InChI=1S/C4H14NO3P/c1-5-9(6-2,7-3)8-4/h5,9H,1-4H3. The summed E-state index contributed by atoms with van der Waals surface area (Å²) >= 11 is 0. The van der Waals surface area contributed by atoms with Crippen LogP contribution >= 0.6 is 8.09 Å². The van der Waals surface area contributed by atoms with E-state index < -0.39 is 8.09 Å². The monoisotopic (exact) mass is 155 g/mol. The van der Waals surface area contributed by atoms with E-state index in [1.54, 1.807) is 28.4 Å². The van der Waals surface area contributed by atoms with Crippen molar-refractivity contribution < 1.29 is 13.6 Å². The van der Waals surface area contributed by atoms with Crippen LogP contribution in [0.15, 0.2) is 0 Å². The number of rotatable bonds is 4. The van der Waals surface area contributed by atoms with Crippen LogP contribution in [0.5, 0.6) is 0 Å². The molecule has 1 N–H and O–H groups in total. The number of hydrogen-bond donors (Lipinski definition) is 1. The summed E-state index contributed by atoms with van der Waals surface area (Å²) in [5.41, 5.74) is 0. The Morgan fingerprint density at radius 3 is 1.33 bits per heavy atom. The van der Waals surface area contributed by atoms with Crippen LogP contribution in [-0.4, -0.2) is 28.4 Å². The van der Waals surface area contributed by atoms with Gasteiger partial charge in [-0.1, -0.05) is 0 Å². The molecule has 0 fully saturated rings. The molecule has 0 rings (SSSR count). The van der Waals surface area contributed by atoms with Gasteiger partial charge in [0.15, 0.2) is 0 Å². The molecule has 9 heavy (non-hydrogen) atoms. The first kappa shape index (κ1) is 9.27. The third kappa shape index (κ3) is 2.16. The van der Waals surface area contributed by atoms with Gasteiger partial charge >= 0.3 is 55.1 Å². The zero-order chi connectivity index (χ0) is 7.33. The molecule has 58 valence electrons. The van der Waals surface area contributed by atoms with Crippen molar-refractivity contribution in [2.45, 2.75) is 0 Å². The summed E-state index contributed by atoms with van der Waals surface area (Å²) < 4.78 is 14.9. The van der Waals surface area contributed by atoms with E-state index in [0.29, 0.717) is 0 Å². The van der Waals surface area contributed by atoms with E-state index >= 15 is 0 Å². The summed E-state index contributed by atoms with van der Waals surface area (Å²) in [6, 6.07) is 0. The van der Waals surface area contributed by atoms with E-state index in [9.17, 15) is 0 Å². The average molecular weight is 155 g/mol. The fraction of sp³-hybridized carbons (Fsp3) is 1.00. The second-order valence-electron chi connectivity index (χ2n) is 1.42. The minimum atomic E-state index is -2.44. The van der Waals surface area contributed by atoms with Crippen molar-refractivity contribution in [1.82, 2.24) is 5.09 Å². The van der Waals surface area contributed by atoms with Gasteiger partial charge in [-0.25, -0.2) is 0 Å². The van der Waals surface area contributed by atoms with Gasteiger partial charge in [-0.2, -0.15) is 0 Å². The van der Waals surface area contributed by atoms with Gasteiger partial charge in [0.2, 0.25) is 0 Å². The fourth-order valence-electron chi connectivity index (χ4n) is 0.556. The zero-order valence-electron chi connectivity index (χ0n) is 6.22. The van der Waals surface area contributed by atoms with Crippen LogP contribution < -0.4 is 5.09 Å². The Morgan fingerprint density at radius 1 is 1.00 bits per heavy atom. The second kappa shape index (κ2) is 4.14. The molecule has 0 saturated carbocycles. The van der Waals surface area contributed by atoms with Crippen molar-refractivity contribution in [2.75, 3.05) is 28.4 Å². The van der Waals surface area contributed by atoms with Crippen molar-refractivity contribution in [2.24, 2.45) is 0 Å². The van der Waals surface area contributed by atoms with Gasteiger partial charge in [-0.05, 0) is 0 Å². The molecule has 0 aromatic rings. The molecule has 0 aromatic carbocycles. The molecule has 0 aliphatic carbocycles. The van der Waals surface area contributed by atoms with Crippen LogP contribution in [0.25, 0.3) is 0 Å². The molecule has 0 bridgehead atoms. The molecule has 0 aromatic heterocycles. The van der Waals surface area contributed by atoms with Gasteiger partial charge in [-0.3, -0.25) is 0 Å². The minimum absolute atomic E-state index is 1.55. The van der Waals surface area contributed by atoms with E-state index in [4.69, 9.17) is 13.6 Å². The summed E-state index contributed by atoms with van der Waals surface area (Å²) in [6.45, 7) is 0. The van der Waals surface area contributed by atoms with E-state index in [-0.39, 0.29) is 0 Å². The number of hydrogen-bond acceptors (Lipinski definition) is 4. The molecule has 0 spiro atoms. The topological polar surface area (TPSA) is 39.7 Å². The quantitative estimate of drug-likeness (QED) is 0.602. The summed E-state index contributed by atoms with van der Waals surface area (Å²) in [7, 11) is 3.95. The van der Waals surface area contributed by atoms with Gasteiger partial charge in [0.05, 0.1) is 0 Å². The third-order valence-corrected chi connectivity index (χ3v) is 3.34. The Balaban J connectivity index is 3.82. The summed E-state index contributed by atoms with van der Waals surface area (Å²) in [5, 5.41) is 2.84. The maximum absolute atomic E-state index is 4.97. The van der Waals surface area contributed by atoms with Crippen LogP contribution in [-0.2, 0) is 13.6 Å². The van der Waals surface area contributed by atoms with E-state index in [1.807, 2.05) is 0 Å². The van der Waals surface area contributed by atoms with E-state index in [1.165, 1.54) is 0 Å². The van der Waals surface area contributed by atoms with Gasteiger partial charge < -0.3 is 0 Å². The molecule has 0 aliphatic heterocycles. The molecular formula is C4H14NO3P. The van der Waals surface area contributed by atoms with Crippen LogP contribution in [0.4, 0.5) is 0 Å². The molecule has 0 radical (unpaired) electrons. The van der Waals surface area contributed by atoms with E-state index in [2.05, 4.69) is 5.09 Å². The predicted octanol–water partition coefficient (Wildman–Crippen LogP) is 0.555. The molecule has 0 saturated heterocycles. The van der Waals surface area contributed by atoms with E-state index in [0.717, 1.165) is 0 Å². The van der Waals surface area contributed by atoms with Crippen LogP contribution in [0.3, 0.4) is 0 Å². The molecule has 5 heteroatoms. The Bertz CT molecular complexity index is 58.7. The first-order valence-corrected chi connectivity index (χ1v) is 4.31. The van der Waals surface area contributed by atoms with Crippen LogP contribution in [0.2, 0.25) is 0 Å². The Morgan fingerprint density at radius 2 is 1.33 bits per heavy atom. The SMILES string of the molecule is CN[PH](OC)(OC)OC. The molecule has 0 heterocycles. The molecule has 0 aliphatic rings. The van der Waals surface area contributed by atoms with Gasteiger partial charge in [-0.15, -0.1) is 0 Å². The molecule has 0 amide bonds. The van der Waals surface area contributed by atoms with Gasteiger partial charge in [0, 0.05) is 0 Å². The van der Waals surface area contributed by atoms with Crippen LogP contribution in [0, 0.1) is 0 Å². The zero-order valence-corrected chi connectivity index (χ0v) is 7.22. The van der Waals surface area contributed by atoms with Crippen molar-refractivity contribution in [1.29, 1.82) is 0 Å². The Hall–Kier alpha value is 0.270. The van der Waals surface area contributed by atoms with Crippen LogP contribution in [0.1, 0.15) is 0 Å². The van der Waals surface area contributed by atoms with Crippen molar-refractivity contribution >= 4 is 8.09 Å². The summed E-state index contributed by atoms with van der Waals surface area (Å²) in [5.74, 6) is 0. The fourth-order valence-corrected chi connectivity index (χ4v) is 1.67. The van der Waals surface area contributed by atoms with Gasteiger partial charge in [0.1, 0.15) is 0 Å². The molecule has 0 unspecified atom stereocenters. The summed E-state index contributed by atoms with van der Waals surface area (Å²) in [6.07, 6.45) is 0.